The summed E-state index contributed by atoms with van der Waals surface area (Å²) in [5.74, 6) is -0.593. The van der Waals surface area contributed by atoms with Gasteiger partial charge in [-0.05, 0) is 6.42 Å². The molecule has 0 aliphatic rings. The summed E-state index contributed by atoms with van der Waals surface area (Å²) in [6.07, 6.45) is 18.4. The molecule has 8 nitrogen and oxygen atoms in total. The van der Waals surface area contributed by atoms with Crippen molar-refractivity contribution < 1.29 is 38.0 Å². The van der Waals surface area contributed by atoms with Crippen LogP contribution < -0.4 is 0 Å². The van der Waals surface area contributed by atoms with E-state index >= 15 is 0 Å². The highest BCUT2D eigenvalue weighted by Gasteiger charge is 2.03. The summed E-state index contributed by atoms with van der Waals surface area (Å²) in [6, 6.07) is 0. The molecule has 0 spiro atoms. The highest BCUT2D eigenvalue weighted by molar-refractivity contribution is 5.81. The van der Waals surface area contributed by atoms with Crippen LogP contribution in [0.3, 0.4) is 0 Å². The molecule has 0 saturated heterocycles. The van der Waals surface area contributed by atoms with E-state index in [0.717, 1.165) is 18.9 Å². The number of esters is 2. The summed E-state index contributed by atoms with van der Waals surface area (Å²) >= 11 is 0. The zero-order chi connectivity index (χ0) is 27.1. The van der Waals surface area contributed by atoms with E-state index in [9.17, 15) is 9.59 Å². The third-order valence-electron chi connectivity index (χ3n) is 5.73. The molecule has 0 bridgehead atoms. The summed E-state index contributed by atoms with van der Waals surface area (Å²) in [7, 11) is 0. The van der Waals surface area contributed by atoms with Gasteiger partial charge in [-0.3, -0.25) is 4.79 Å². The maximum absolute atomic E-state index is 11.8. The van der Waals surface area contributed by atoms with Crippen LogP contribution in [-0.4, -0.2) is 78.0 Å². The number of carbonyl (C=O) groups is 2. The molecule has 0 aliphatic carbocycles. The minimum atomic E-state index is -0.456. The Hall–Kier alpha value is -1.48. The van der Waals surface area contributed by atoms with Crippen LogP contribution in [0.2, 0.25) is 0 Å². The average molecular weight is 531 g/mol. The molecule has 0 unspecified atom stereocenters. The first-order valence-electron chi connectivity index (χ1n) is 14.5. The maximum Gasteiger partial charge on any atom is 0.330 e. The fourth-order valence-electron chi connectivity index (χ4n) is 3.60. The molecule has 8 heteroatoms. The molecule has 0 atom stereocenters. The van der Waals surface area contributed by atoms with Gasteiger partial charge in [0.25, 0.3) is 0 Å². The molecule has 0 N–H and O–H groups in total. The predicted octanol–water partition coefficient (Wildman–Crippen LogP) is 5.81. The summed E-state index contributed by atoms with van der Waals surface area (Å²) in [6.45, 7) is 9.47. The Morgan fingerprint density at radius 2 is 0.865 bits per heavy atom. The molecule has 0 amide bonds. The molecule has 0 aromatic rings. The number of hydrogen-bond donors (Lipinski definition) is 0. The van der Waals surface area contributed by atoms with Gasteiger partial charge in [0, 0.05) is 12.5 Å². The minimum absolute atomic E-state index is 0.137. The molecule has 0 aromatic carbocycles. The van der Waals surface area contributed by atoms with Gasteiger partial charge >= 0.3 is 11.9 Å². The molecule has 37 heavy (non-hydrogen) atoms. The lowest BCUT2D eigenvalue weighted by molar-refractivity contribution is -0.145. The van der Waals surface area contributed by atoms with Crippen LogP contribution >= 0.6 is 0 Å². The van der Waals surface area contributed by atoms with Crippen molar-refractivity contribution >= 4 is 11.9 Å². The van der Waals surface area contributed by atoms with Crippen molar-refractivity contribution in [3.8, 4) is 0 Å². The molecular weight excluding hydrogens is 476 g/mol. The highest BCUT2D eigenvalue weighted by Crippen LogP contribution is 2.13. The van der Waals surface area contributed by atoms with Gasteiger partial charge in [-0.25, -0.2) is 4.79 Å². The maximum atomic E-state index is 11.8. The molecule has 0 radical (unpaired) electrons. The first kappa shape index (κ1) is 35.5. The van der Waals surface area contributed by atoms with Crippen molar-refractivity contribution in [1.82, 2.24) is 0 Å². The Morgan fingerprint density at radius 1 is 0.514 bits per heavy atom. The van der Waals surface area contributed by atoms with Crippen LogP contribution in [0.15, 0.2) is 12.7 Å². The van der Waals surface area contributed by atoms with Gasteiger partial charge in [0.1, 0.15) is 13.2 Å². The van der Waals surface area contributed by atoms with Crippen molar-refractivity contribution in [3.05, 3.63) is 12.7 Å². The summed E-state index contributed by atoms with van der Waals surface area (Å²) in [5, 5.41) is 0. The molecule has 0 fully saturated rings. The fraction of sp³-hybridized carbons (Fsp3) is 0.862. The van der Waals surface area contributed by atoms with Gasteiger partial charge in [0.2, 0.25) is 0 Å². The molecule has 0 rings (SSSR count). The van der Waals surface area contributed by atoms with Crippen LogP contribution in [-0.2, 0) is 38.0 Å². The Morgan fingerprint density at radius 3 is 1.27 bits per heavy atom. The first-order chi connectivity index (χ1) is 18.2. The molecule has 0 aliphatic heterocycles. The lowest BCUT2D eigenvalue weighted by Gasteiger charge is -2.08. The SMILES string of the molecule is C=CC(=O)OCCOCCOCCOCCOCCOC(=O)CCCCCCCCCCCCCCC. The molecule has 0 heterocycles. The van der Waals surface area contributed by atoms with Gasteiger partial charge < -0.3 is 28.4 Å². The Labute approximate surface area is 225 Å². The van der Waals surface area contributed by atoms with Crippen molar-refractivity contribution in [2.45, 2.75) is 96.8 Å². The Bertz CT molecular complexity index is 512. The largest absolute Gasteiger partial charge is 0.463 e. The second-order valence-electron chi connectivity index (χ2n) is 9.03. The van der Waals surface area contributed by atoms with Gasteiger partial charge in [0.15, 0.2) is 0 Å². The monoisotopic (exact) mass is 530 g/mol. The van der Waals surface area contributed by atoms with Gasteiger partial charge in [0.05, 0.1) is 52.9 Å². The standard InChI is InChI=1S/C29H54O8/c1-3-5-6-7-8-9-10-11-12-13-14-15-16-17-29(31)37-27-25-35-23-21-33-19-18-32-20-22-34-24-26-36-28(30)4-2/h4H,2-3,5-27H2,1H3. The average Bonchev–Trinajstić information content (AvgIpc) is 2.90. The molecule has 0 saturated carbocycles. The Balaban J connectivity index is 3.17. The minimum Gasteiger partial charge on any atom is -0.463 e. The van der Waals surface area contributed by atoms with E-state index in [1.165, 1.54) is 70.6 Å². The zero-order valence-corrected chi connectivity index (χ0v) is 23.5. The summed E-state index contributed by atoms with van der Waals surface area (Å²) < 4.78 is 31.4. The van der Waals surface area contributed by atoms with Crippen molar-refractivity contribution in [2.75, 3.05) is 66.1 Å². The number of rotatable bonds is 30. The third-order valence-corrected chi connectivity index (χ3v) is 5.73. The first-order valence-corrected chi connectivity index (χ1v) is 14.5. The van der Waals surface area contributed by atoms with E-state index in [1.807, 2.05) is 0 Å². The van der Waals surface area contributed by atoms with Crippen LogP contribution in [0, 0.1) is 0 Å². The van der Waals surface area contributed by atoms with Gasteiger partial charge in [-0.1, -0.05) is 90.6 Å². The van der Waals surface area contributed by atoms with Crippen molar-refractivity contribution in [3.63, 3.8) is 0 Å². The lowest BCUT2D eigenvalue weighted by Crippen LogP contribution is -2.15. The van der Waals surface area contributed by atoms with E-state index < -0.39 is 5.97 Å². The second kappa shape index (κ2) is 30.7. The molecular formula is C29H54O8. The van der Waals surface area contributed by atoms with E-state index in [4.69, 9.17) is 28.4 Å². The summed E-state index contributed by atoms with van der Waals surface area (Å²) in [5.41, 5.74) is 0. The van der Waals surface area contributed by atoms with Crippen LogP contribution in [0.4, 0.5) is 0 Å². The van der Waals surface area contributed by atoms with E-state index in [0.29, 0.717) is 59.3 Å². The number of unbranched alkanes of at least 4 members (excludes halogenated alkanes) is 12. The van der Waals surface area contributed by atoms with E-state index in [2.05, 4.69) is 13.5 Å². The number of hydrogen-bond acceptors (Lipinski definition) is 8. The number of ether oxygens (including phenoxy) is 6. The zero-order valence-electron chi connectivity index (χ0n) is 23.5. The van der Waals surface area contributed by atoms with Crippen LogP contribution in [0.25, 0.3) is 0 Å². The summed E-state index contributed by atoms with van der Waals surface area (Å²) in [4.78, 5) is 22.6. The number of carbonyl (C=O) groups excluding carboxylic acids is 2. The van der Waals surface area contributed by atoms with Crippen LogP contribution in [0.1, 0.15) is 96.8 Å². The topological polar surface area (TPSA) is 89.5 Å². The van der Waals surface area contributed by atoms with Gasteiger partial charge in [-0.2, -0.15) is 0 Å². The second-order valence-corrected chi connectivity index (χ2v) is 9.03. The smallest absolute Gasteiger partial charge is 0.330 e. The highest BCUT2D eigenvalue weighted by atomic mass is 16.6. The predicted molar refractivity (Wildman–Crippen MR) is 146 cm³/mol. The fourth-order valence-corrected chi connectivity index (χ4v) is 3.60. The van der Waals surface area contributed by atoms with Crippen LogP contribution in [0.5, 0.6) is 0 Å². The molecule has 0 aromatic heterocycles. The van der Waals surface area contributed by atoms with E-state index in [1.54, 1.807) is 0 Å². The molecule has 218 valence electrons. The quantitative estimate of drug-likeness (QED) is 0.0653. The van der Waals surface area contributed by atoms with Crippen molar-refractivity contribution in [2.24, 2.45) is 0 Å². The normalized spacial score (nSPS) is 10.9. The van der Waals surface area contributed by atoms with E-state index in [-0.39, 0.29) is 19.2 Å². The van der Waals surface area contributed by atoms with Gasteiger partial charge in [-0.15, -0.1) is 0 Å². The Kier molecular flexibility index (Phi) is 29.5. The van der Waals surface area contributed by atoms with Crippen molar-refractivity contribution in [1.29, 1.82) is 0 Å². The lowest BCUT2D eigenvalue weighted by atomic mass is 10.0. The third kappa shape index (κ3) is 30.6.